The topological polar surface area (TPSA) is 89.0 Å². The van der Waals surface area contributed by atoms with Crippen LogP contribution in [0.5, 0.6) is 11.6 Å². The van der Waals surface area contributed by atoms with Crippen LogP contribution < -0.4 is 4.74 Å². The van der Waals surface area contributed by atoms with Crippen molar-refractivity contribution in [3.8, 4) is 17.7 Å². The Morgan fingerprint density at radius 2 is 1.95 bits per heavy atom. The summed E-state index contributed by atoms with van der Waals surface area (Å²) in [6.07, 6.45) is 0. The first kappa shape index (κ1) is 12.5. The zero-order valence-electron chi connectivity index (χ0n) is 10.0. The van der Waals surface area contributed by atoms with Crippen LogP contribution in [-0.4, -0.2) is 9.91 Å². The summed E-state index contributed by atoms with van der Waals surface area (Å²) in [5.41, 5.74) is 0.482. The van der Waals surface area contributed by atoms with E-state index in [9.17, 15) is 10.1 Å². The number of benzene rings is 1. The fraction of sp³-hybridized carbons (Fsp3) is 0.0769. The van der Waals surface area contributed by atoms with Crippen LogP contribution in [0.1, 0.15) is 11.3 Å². The molecule has 6 heteroatoms. The molecular weight excluding hydrogens is 246 g/mol. The predicted molar refractivity (Wildman–Crippen MR) is 66.9 cm³/mol. The first-order valence-electron chi connectivity index (χ1n) is 5.40. The van der Waals surface area contributed by atoms with Gasteiger partial charge in [0.25, 0.3) is 0 Å². The Balaban J connectivity index is 2.29. The van der Waals surface area contributed by atoms with Gasteiger partial charge in [-0.2, -0.15) is 10.2 Å². The van der Waals surface area contributed by atoms with E-state index in [-0.39, 0.29) is 17.3 Å². The molecule has 1 heterocycles. The summed E-state index contributed by atoms with van der Waals surface area (Å²) < 4.78 is 5.43. The zero-order chi connectivity index (χ0) is 13.8. The molecule has 6 nitrogen and oxygen atoms in total. The molecule has 0 atom stereocenters. The van der Waals surface area contributed by atoms with Crippen molar-refractivity contribution >= 4 is 5.69 Å². The van der Waals surface area contributed by atoms with Crippen molar-refractivity contribution in [2.45, 2.75) is 6.92 Å². The van der Waals surface area contributed by atoms with Gasteiger partial charge in [0.1, 0.15) is 11.8 Å². The number of nitrogens with zero attached hydrogens (tertiary/aromatic N) is 3. The summed E-state index contributed by atoms with van der Waals surface area (Å²) in [5.74, 6) is 0.696. The number of hydrogen-bond acceptors (Lipinski definition) is 5. The van der Waals surface area contributed by atoms with Gasteiger partial charge in [0, 0.05) is 12.1 Å². The highest BCUT2D eigenvalue weighted by Crippen LogP contribution is 2.24. The van der Waals surface area contributed by atoms with Gasteiger partial charge in [-0.25, -0.2) is 0 Å². The van der Waals surface area contributed by atoms with E-state index in [0.29, 0.717) is 5.75 Å². The fourth-order valence-corrected chi connectivity index (χ4v) is 1.45. The molecule has 0 amide bonds. The molecule has 0 aliphatic rings. The van der Waals surface area contributed by atoms with Crippen molar-refractivity contribution in [1.82, 2.24) is 4.98 Å². The number of nitro groups is 1. The highest BCUT2D eigenvalue weighted by molar-refractivity contribution is 5.45. The van der Waals surface area contributed by atoms with Crippen LogP contribution in [0.25, 0.3) is 0 Å². The van der Waals surface area contributed by atoms with Crippen molar-refractivity contribution in [3.05, 3.63) is 57.8 Å². The molecule has 1 aromatic heterocycles. The molecule has 19 heavy (non-hydrogen) atoms. The van der Waals surface area contributed by atoms with Gasteiger partial charge in [0.15, 0.2) is 0 Å². The number of aromatic nitrogens is 1. The van der Waals surface area contributed by atoms with E-state index in [1.165, 1.54) is 12.1 Å². The SMILES string of the molecule is Cc1ccc(Oc2ccc([N+](=O)[O-])c(C#N)n2)cc1. The first-order chi connectivity index (χ1) is 9.10. The molecule has 0 aliphatic carbocycles. The lowest BCUT2D eigenvalue weighted by molar-refractivity contribution is -0.385. The average molecular weight is 255 g/mol. The Kier molecular flexibility index (Phi) is 3.39. The van der Waals surface area contributed by atoms with Crippen molar-refractivity contribution in [2.24, 2.45) is 0 Å². The van der Waals surface area contributed by atoms with Crippen molar-refractivity contribution in [2.75, 3.05) is 0 Å². The van der Waals surface area contributed by atoms with Gasteiger partial charge in [-0.05, 0) is 19.1 Å². The number of nitriles is 1. The first-order valence-corrected chi connectivity index (χ1v) is 5.40. The maximum Gasteiger partial charge on any atom is 0.305 e. The molecule has 94 valence electrons. The second-order valence-electron chi connectivity index (χ2n) is 3.80. The molecule has 0 bridgehead atoms. The highest BCUT2D eigenvalue weighted by atomic mass is 16.6. The maximum absolute atomic E-state index is 10.7. The fourth-order valence-electron chi connectivity index (χ4n) is 1.45. The van der Waals surface area contributed by atoms with Crippen LogP contribution in [0.15, 0.2) is 36.4 Å². The van der Waals surface area contributed by atoms with Crippen LogP contribution in [-0.2, 0) is 0 Å². The Bertz CT molecular complexity index is 660. The summed E-state index contributed by atoms with van der Waals surface area (Å²) >= 11 is 0. The highest BCUT2D eigenvalue weighted by Gasteiger charge is 2.16. The van der Waals surface area contributed by atoms with Gasteiger partial charge in [0.05, 0.1) is 4.92 Å². The molecule has 0 spiro atoms. The van der Waals surface area contributed by atoms with Gasteiger partial charge >= 0.3 is 5.69 Å². The van der Waals surface area contributed by atoms with Crippen LogP contribution >= 0.6 is 0 Å². The third-order valence-corrected chi connectivity index (χ3v) is 2.39. The number of pyridine rings is 1. The lowest BCUT2D eigenvalue weighted by Crippen LogP contribution is -1.97. The standard InChI is InChI=1S/C13H9N3O3/c1-9-2-4-10(5-3-9)19-13-7-6-12(16(17)18)11(8-14)15-13/h2-7H,1H3. The minimum atomic E-state index is -0.652. The molecule has 0 radical (unpaired) electrons. The third kappa shape index (κ3) is 2.84. The maximum atomic E-state index is 10.7. The smallest absolute Gasteiger partial charge is 0.305 e. The van der Waals surface area contributed by atoms with E-state index in [4.69, 9.17) is 10.00 Å². The molecule has 0 unspecified atom stereocenters. The lowest BCUT2D eigenvalue weighted by Gasteiger charge is -2.05. The monoisotopic (exact) mass is 255 g/mol. The van der Waals surface area contributed by atoms with E-state index in [1.807, 2.05) is 19.1 Å². The Hall–Kier alpha value is -2.94. The largest absolute Gasteiger partial charge is 0.439 e. The van der Waals surface area contributed by atoms with Crippen molar-refractivity contribution < 1.29 is 9.66 Å². The Morgan fingerprint density at radius 3 is 2.53 bits per heavy atom. The second kappa shape index (κ2) is 5.14. The molecule has 0 saturated carbocycles. The van der Waals surface area contributed by atoms with Gasteiger partial charge in [-0.15, -0.1) is 0 Å². The molecule has 0 N–H and O–H groups in total. The van der Waals surface area contributed by atoms with Gasteiger partial charge in [-0.1, -0.05) is 17.7 Å². The van der Waals surface area contributed by atoms with E-state index >= 15 is 0 Å². The predicted octanol–water partition coefficient (Wildman–Crippen LogP) is 2.96. The van der Waals surface area contributed by atoms with Gasteiger partial charge < -0.3 is 4.74 Å². The average Bonchev–Trinajstić information content (AvgIpc) is 2.41. The summed E-state index contributed by atoms with van der Waals surface area (Å²) in [4.78, 5) is 13.8. The Labute approximate surface area is 109 Å². The van der Waals surface area contributed by atoms with E-state index in [1.54, 1.807) is 18.2 Å². The van der Waals surface area contributed by atoms with Gasteiger partial charge in [-0.3, -0.25) is 10.1 Å². The van der Waals surface area contributed by atoms with Crippen LogP contribution in [0, 0.1) is 28.4 Å². The molecule has 2 rings (SSSR count). The van der Waals surface area contributed by atoms with Crippen molar-refractivity contribution in [3.63, 3.8) is 0 Å². The number of hydrogen-bond donors (Lipinski definition) is 0. The second-order valence-corrected chi connectivity index (χ2v) is 3.80. The summed E-state index contributed by atoms with van der Waals surface area (Å²) in [7, 11) is 0. The number of rotatable bonds is 3. The Morgan fingerprint density at radius 1 is 1.26 bits per heavy atom. The lowest BCUT2D eigenvalue weighted by atomic mass is 10.2. The molecule has 0 saturated heterocycles. The van der Waals surface area contributed by atoms with Crippen LogP contribution in [0.4, 0.5) is 5.69 Å². The quantitative estimate of drug-likeness (QED) is 0.621. The van der Waals surface area contributed by atoms with Crippen LogP contribution in [0.2, 0.25) is 0 Å². The normalized spacial score (nSPS) is 9.68. The molecule has 0 aliphatic heterocycles. The van der Waals surface area contributed by atoms with E-state index in [0.717, 1.165) is 5.56 Å². The molecular formula is C13H9N3O3. The third-order valence-electron chi connectivity index (χ3n) is 2.39. The summed E-state index contributed by atoms with van der Waals surface area (Å²) in [6, 6.07) is 11.5. The summed E-state index contributed by atoms with van der Waals surface area (Å²) in [6.45, 7) is 1.95. The molecule has 0 fully saturated rings. The van der Waals surface area contributed by atoms with E-state index < -0.39 is 4.92 Å². The van der Waals surface area contributed by atoms with E-state index in [2.05, 4.69) is 4.98 Å². The van der Waals surface area contributed by atoms with Crippen LogP contribution in [0.3, 0.4) is 0 Å². The summed E-state index contributed by atoms with van der Waals surface area (Å²) in [5, 5.41) is 19.5. The number of aryl methyl sites for hydroxylation is 1. The van der Waals surface area contributed by atoms with Gasteiger partial charge in [0.2, 0.25) is 11.6 Å². The molecule has 2 aromatic rings. The minimum absolute atomic E-state index is 0.144. The number of ether oxygens (including phenoxy) is 1. The zero-order valence-corrected chi connectivity index (χ0v) is 10.0. The minimum Gasteiger partial charge on any atom is -0.439 e. The van der Waals surface area contributed by atoms with Crippen molar-refractivity contribution in [1.29, 1.82) is 5.26 Å². The molecule has 1 aromatic carbocycles.